The summed E-state index contributed by atoms with van der Waals surface area (Å²) in [5, 5.41) is 3.16. The Labute approximate surface area is 116 Å². The van der Waals surface area contributed by atoms with Crippen molar-refractivity contribution in [2.75, 3.05) is 19.7 Å². The maximum atomic E-state index is 12.7. The molecule has 0 spiro atoms. The van der Waals surface area contributed by atoms with Crippen LogP contribution in [0.3, 0.4) is 0 Å². The first-order valence-corrected chi connectivity index (χ1v) is 6.48. The number of benzene rings is 1. The number of hydrogen-bond donors (Lipinski definition) is 1. The highest BCUT2D eigenvalue weighted by Gasteiger charge is 2.40. The van der Waals surface area contributed by atoms with Crippen molar-refractivity contribution in [3.8, 4) is 0 Å². The van der Waals surface area contributed by atoms with Crippen molar-refractivity contribution in [3.63, 3.8) is 0 Å². The molecule has 0 fully saturated rings. The standard InChI is InChI=1S/C14H19F4NO/c1-2-19-8-7-11-5-3-4-6-12(11)9-20-10-14(17,18)13(15)16/h3-6,13,19H,2,7-10H2,1H3. The zero-order valence-corrected chi connectivity index (χ0v) is 11.3. The Bertz CT molecular complexity index is 399. The Balaban J connectivity index is 2.51. The number of hydrogen-bond acceptors (Lipinski definition) is 2. The van der Waals surface area contributed by atoms with Gasteiger partial charge in [-0.05, 0) is 30.6 Å². The molecule has 0 radical (unpaired) electrons. The van der Waals surface area contributed by atoms with Crippen LogP contribution in [0.1, 0.15) is 18.1 Å². The van der Waals surface area contributed by atoms with Gasteiger partial charge in [-0.15, -0.1) is 0 Å². The highest BCUT2D eigenvalue weighted by molar-refractivity contribution is 5.26. The van der Waals surface area contributed by atoms with Gasteiger partial charge < -0.3 is 10.1 Å². The predicted octanol–water partition coefficient (Wildman–Crippen LogP) is 3.26. The maximum absolute atomic E-state index is 12.7. The summed E-state index contributed by atoms with van der Waals surface area (Å²) in [7, 11) is 0. The van der Waals surface area contributed by atoms with Crippen LogP contribution < -0.4 is 5.32 Å². The highest BCUT2D eigenvalue weighted by atomic mass is 19.3. The van der Waals surface area contributed by atoms with Crippen LogP contribution in [0.5, 0.6) is 0 Å². The minimum atomic E-state index is -4.10. The van der Waals surface area contributed by atoms with E-state index in [1.54, 1.807) is 12.1 Å². The van der Waals surface area contributed by atoms with Crippen LogP contribution in [-0.2, 0) is 17.8 Å². The van der Waals surface area contributed by atoms with E-state index in [2.05, 4.69) is 5.32 Å². The summed E-state index contributed by atoms with van der Waals surface area (Å²) in [6.07, 6.45) is -2.97. The van der Waals surface area contributed by atoms with Crippen molar-refractivity contribution in [1.82, 2.24) is 5.32 Å². The first kappa shape index (κ1) is 16.9. The van der Waals surface area contributed by atoms with Crippen LogP contribution in [0.15, 0.2) is 24.3 Å². The van der Waals surface area contributed by atoms with Gasteiger partial charge in [0, 0.05) is 0 Å². The third-order valence-electron chi connectivity index (χ3n) is 2.81. The predicted molar refractivity (Wildman–Crippen MR) is 69.3 cm³/mol. The average molecular weight is 293 g/mol. The number of nitrogens with one attached hydrogen (secondary N) is 1. The van der Waals surface area contributed by atoms with Crippen molar-refractivity contribution < 1.29 is 22.3 Å². The second-order valence-corrected chi connectivity index (χ2v) is 4.43. The lowest BCUT2D eigenvalue weighted by atomic mass is 10.1. The van der Waals surface area contributed by atoms with Gasteiger partial charge in [0.25, 0.3) is 0 Å². The molecule has 0 bridgehead atoms. The second kappa shape index (κ2) is 8.21. The molecule has 0 atom stereocenters. The van der Waals surface area contributed by atoms with Gasteiger partial charge >= 0.3 is 12.3 Å². The lowest BCUT2D eigenvalue weighted by molar-refractivity contribution is -0.168. The van der Waals surface area contributed by atoms with Gasteiger partial charge in [-0.3, -0.25) is 0 Å². The zero-order valence-electron chi connectivity index (χ0n) is 11.3. The van der Waals surface area contributed by atoms with Gasteiger partial charge in [0.1, 0.15) is 6.61 Å². The van der Waals surface area contributed by atoms with Crippen molar-refractivity contribution in [2.24, 2.45) is 0 Å². The molecule has 0 amide bonds. The van der Waals surface area contributed by atoms with Crippen LogP contribution in [0.2, 0.25) is 0 Å². The molecule has 1 aromatic rings. The Morgan fingerprint density at radius 3 is 2.45 bits per heavy atom. The van der Waals surface area contributed by atoms with E-state index >= 15 is 0 Å². The van der Waals surface area contributed by atoms with Gasteiger partial charge in [0.2, 0.25) is 0 Å². The molecule has 6 heteroatoms. The van der Waals surface area contributed by atoms with Gasteiger partial charge in [-0.2, -0.15) is 8.78 Å². The molecule has 0 aliphatic rings. The van der Waals surface area contributed by atoms with E-state index in [4.69, 9.17) is 4.74 Å². The molecule has 0 aromatic heterocycles. The van der Waals surface area contributed by atoms with Crippen LogP contribution >= 0.6 is 0 Å². The van der Waals surface area contributed by atoms with Gasteiger partial charge in [0.15, 0.2) is 0 Å². The van der Waals surface area contributed by atoms with E-state index in [-0.39, 0.29) is 6.61 Å². The van der Waals surface area contributed by atoms with Crippen molar-refractivity contribution in [3.05, 3.63) is 35.4 Å². The van der Waals surface area contributed by atoms with E-state index in [1.165, 1.54) is 0 Å². The normalized spacial score (nSPS) is 12.1. The largest absolute Gasteiger partial charge is 0.370 e. The summed E-state index contributed by atoms with van der Waals surface area (Å²) in [6.45, 7) is 2.23. The minimum Gasteiger partial charge on any atom is -0.370 e. The summed E-state index contributed by atoms with van der Waals surface area (Å²) in [5.74, 6) is -4.10. The first-order chi connectivity index (χ1) is 9.47. The molecule has 20 heavy (non-hydrogen) atoms. The van der Waals surface area contributed by atoms with Crippen molar-refractivity contribution in [1.29, 1.82) is 0 Å². The fourth-order valence-corrected chi connectivity index (χ4v) is 1.70. The summed E-state index contributed by atoms with van der Waals surface area (Å²) in [4.78, 5) is 0. The molecule has 2 nitrogen and oxygen atoms in total. The fraction of sp³-hybridized carbons (Fsp3) is 0.571. The smallest absolute Gasteiger partial charge is 0.330 e. The third-order valence-corrected chi connectivity index (χ3v) is 2.81. The molecule has 114 valence electrons. The Morgan fingerprint density at radius 2 is 1.85 bits per heavy atom. The zero-order chi connectivity index (χ0) is 15.0. The monoisotopic (exact) mass is 293 g/mol. The Morgan fingerprint density at radius 1 is 1.20 bits per heavy atom. The molecular weight excluding hydrogens is 274 g/mol. The number of ether oxygens (including phenoxy) is 1. The molecule has 1 rings (SSSR count). The average Bonchev–Trinajstić information content (AvgIpc) is 2.40. The van der Waals surface area contributed by atoms with Gasteiger partial charge in [-0.25, -0.2) is 8.78 Å². The first-order valence-electron chi connectivity index (χ1n) is 6.48. The lowest BCUT2D eigenvalue weighted by Gasteiger charge is -2.16. The van der Waals surface area contributed by atoms with E-state index in [0.717, 1.165) is 30.6 Å². The number of rotatable bonds is 9. The molecule has 0 aliphatic heterocycles. The molecule has 0 unspecified atom stereocenters. The van der Waals surface area contributed by atoms with E-state index in [0.29, 0.717) is 0 Å². The molecule has 0 saturated carbocycles. The molecule has 1 N–H and O–H groups in total. The summed E-state index contributed by atoms with van der Waals surface area (Å²) in [5.41, 5.74) is 1.71. The van der Waals surface area contributed by atoms with Crippen LogP contribution in [0.25, 0.3) is 0 Å². The third kappa shape index (κ3) is 5.46. The fourth-order valence-electron chi connectivity index (χ4n) is 1.70. The molecular formula is C14H19F4NO. The summed E-state index contributed by atoms with van der Waals surface area (Å²) >= 11 is 0. The van der Waals surface area contributed by atoms with Crippen LogP contribution in [0.4, 0.5) is 17.6 Å². The number of likely N-dealkylation sites (N-methyl/N-ethyl adjacent to an activating group) is 1. The second-order valence-electron chi connectivity index (χ2n) is 4.43. The van der Waals surface area contributed by atoms with Crippen LogP contribution in [-0.4, -0.2) is 32.0 Å². The SMILES string of the molecule is CCNCCc1ccccc1COCC(F)(F)C(F)F. The van der Waals surface area contributed by atoms with E-state index in [9.17, 15) is 17.6 Å². The maximum Gasteiger partial charge on any atom is 0.330 e. The summed E-state index contributed by atoms with van der Waals surface area (Å²) in [6, 6.07) is 7.24. The lowest BCUT2D eigenvalue weighted by Crippen LogP contribution is -2.32. The molecule has 0 saturated heterocycles. The number of halogens is 4. The van der Waals surface area contributed by atoms with E-state index in [1.807, 2.05) is 19.1 Å². The topological polar surface area (TPSA) is 21.3 Å². The Hall–Kier alpha value is -1.14. The van der Waals surface area contributed by atoms with Crippen molar-refractivity contribution >= 4 is 0 Å². The molecule has 1 aromatic carbocycles. The Kier molecular flexibility index (Phi) is 6.95. The van der Waals surface area contributed by atoms with E-state index < -0.39 is 19.0 Å². The summed E-state index contributed by atoms with van der Waals surface area (Å²) < 4.78 is 54.1. The minimum absolute atomic E-state index is 0.0927. The quantitative estimate of drug-likeness (QED) is 0.557. The van der Waals surface area contributed by atoms with Gasteiger partial charge in [-0.1, -0.05) is 31.2 Å². The van der Waals surface area contributed by atoms with Gasteiger partial charge in [0.05, 0.1) is 6.61 Å². The van der Waals surface area contributed by atoms with Crippen LogP contribution in [0, 0.1) is 0 Å². The highest BCUT2D eigenvalue weighted by Crippen LogP contribution is 2.23. The van der Waals surface area contributed by atoms with Crippen molar-refractivity contribution in [2.45, 2.75) is 32.3 Å². The molecule has 0 heterocycles. The molecule has 0 aliphatic carbocycles. The number of alkyl halides is 4.